The third kappa shape index (κ3) is 5.53. The van der Waals surface area contributed by atoms with Gasteiger partial charge in [-0.15, -0.1) is 0 Å². The van der Waals surface area contributed by atoms with E-state index in [0.29, 0.717) is 0 Å². The van der Waals surface area contributed by atoms with Gasteiger partial charge in [0.25, 0.3) is 0 Å². The Labute approximate surface area is 293 Å². The summed E-state index contributed by atoms with van der Waals surface area (Å²) in [6, 6.07) is 70.9. The second kappa shape index (κ2) is 12.8. The largest absolute Gasteiger partial charge is 0.456 e. The predicted molar refractivity (Wildman–Crippen MR) is 208 cm³/mol. The molecule has 0 radical (unpaired) electrons. The molecule has 0 atom stereocenters. The minimum atomic E-state index is 0.825. The van der Waals surface area contributed by atoms with Gasteiger partial charge in [-0.3, -0.25) is 0 Å². The Hall–Kier alpha value is -6.64. The van der Waals surface area contributed by atoms with E-state index in [0.717, 1.165) is 56.4 Å². The van der Waals surface area contributed by atoms with Crippen LogP contribution in [0.25, 0.3) is 55.6 Å². The molecule has 0 aromatic heterocycles. The maximum atomic E-state index is 6.94. The molecule has 0 bridgehead atoms. The molecule has 0 aliphatic carbocycles. The standard InChI is InChI=1S/C48H33NO/c1-4-12-34(13-5-1)37-20-25-40(26-21-37)49(41-27-22-38(23-28-41)35-14-6-2-7-15-35)42-29-31-46-44-19-11-10-18-43(44)45-30-24-39(36-16-8-3-9-17-36)32-47(45)50-48(46)33-42/h1-33H. The molecule has 2 nitrogen and oxygen atoms in total. The van der Waals surface area contributed by atoms with Gasteiger partial charge in [-0.05, 0) is 93.0 Å². The van der Waals surface area contributed by atoms with Gasteiger partial charge >= 0.3 is 0 Å². The fourth-order valence-corrected chi connectivity index (χ4v) is 6.98. The van der Waals surface area contributed by atoms with Gasteiger partial charge in [0.05, 0.1) is 0 Å². The smallest absolute Gasteiger partial charge is 0.137 e. The van der Waals surface area contributed by atoms with E-state index in [2.05, 4.69) is 199 Å². The van der Waals surface area contributed by atoms with Gasteiger partial charge in [0, 0.05) is 34.3 Å². The molecule has 8 aromatic carbocycles. The molecular weight excluding hydrogens is 607 g/mol. The minimum absolute atomic E-state index is 0.825. The van der Waals surface area contributed by atoms with Gasteiger partial charge in [-0.1, -0.05) is 146 Å². The predicted octanol–water partition coefficient (Wildman–Crippen LogP) is 13.6. The number of fused-ring (bicyclic) bond motifs is 5. The van der Waals surface area contributed by atoms with Crippen LogP contribution in [-0.2, 0) is 0 Å². The lowest BCUT2D eigenvalue weighted by molar-refractivity contribution is 0.488. The maximum Gasteiger partial charge on any atom is 0.137 e. The molecule has 50 heavy (non-hydrogen) atoms. The Balaban J connectivity index is 1.17. The number of anilines is 3. The van der Waals surface area contributed by atoms with Crippen LogP contribution in [0, 0.1) is 0 Å². The van der Waals surface area contributed by atoms with Crippen molar-refractivity contribution in [3.8, 4) is 67.1 Å². The van der Waals surface area contributed by atoms with Crippen LogP contribution in [0.2, 0.25) is 0 Å². The summed E-state index contributed by atoms with van der Waals surface area (Å²) in [6.45, 7) is 0. The average molecular weight is 640 g/mol. The first kappa shape index (κ1) is 29.5. The summed E-state index contributed by atoms with van der Waals surface area (Å²) in [4.78, 5) is 2.31. The van der Waals surface area contributed by atoms with Crippen molar-refractivity contribution < 1.29 is 4.74 Å². The molecule has 0 N–H and O–H groups in total. The first-order chi connectivity index (χ1) is 24.8. The molecule has 0 saturated carbocycles. The van der Waals surface area contributed by atoms with Gasteiger partial charge in [0.2, 0.25) is 0 Å². The Morgan fingerprint density at radius 2 is 0.620 bits per heavy atom. The average Bonchev–Trinajstić information content (AvgIpc) is 3.33. The fraction of sp³-hybridized carbons (Fsp3) is 0. The third-order valence-electron chi connectivity index (χ3n) is 9.50. The Kier molecular flexibility index (Phi) is 7.53. The van der Waals surface area contributed by atoms with Gasteiger partial charge < -0.3 is 9.64 Å². The zero-order valence-corrected chi connectivity index (χ0v) is 27.4. The summed E-state index contributed by atoms with van der Waals surface area (Å²) in [6.07, 6.45) is 0. The summed E-state index contributed by atoms with van der Waals surface area (Å²) >= 11 is 0. The summed E-state index contributed by atoms with van der Waals surface area (Å²) < 4.78 is 6.94. The van der Waals surface area contributed by atoms with Crippen molar-refractivity contribution in [2.45, 2.75) is 0 Å². The van der Waals surface area contributed by atoms with E-state index in [-0.39, 0.29) is 0 Å². The molecule has 0 unspecified atom stereocenters. The van der Waals surface area contributed by atoms with Crippen LogP contribution in [-0.4, -0.2) is 0 Å². The van der Waals surface area contributed by atoms with Gasteiger partial charge in [-0.2, -0.15) is 0 Å². The Bertz CT molecular complexity index is 2330. The molecule has 236 valence electrons. The van der Waals surface area contributed by atoms with Crippen LogP contribution < -0.4 is 9.64 Å². The van der Waals surface area contributed by atoms with Crippen molar-refractivity contribution in [1.82, 2.24) is 0 Å². The SMILES string of the molecule is c1ccc(-c2ccc(N(c3ccc(-c4ccccc4)cc3)c3ccc4c(c3)Oc3cc(-c5ccccc5)ccc3-c3ccccc3-4)cc2)cc1. The molecule has 8 aromatic rings. The van der Waals surface area contributed by atoms with E-state index in [9.17, 15) is 0 Å². The van der Waals surface area contributed by atoms with Crippen molar-refractivity contribution in [2.75, 3.05) is 4.90 Å². The Morgan fingerprint density at radius 1 is 0.260 bits per heavy atom. The molecule has 1 aliphatic heterocycles. The van der Waals surface area contributed by atoms with Crippen LogP contribution in [0.1, 0.15) is 0 Å². The highest BCUT2D eigenvalue weighted by Gasteiger charge is 2.23. The van der Waals surface area contributed by atoms with E-state index in [1.807, 2.05) is 6.07 Å². The minimum Gasteiger partial charge on any atom is -0.456 e. The van der Waals surface area contributed by atoms with Crippen LogP contribution in [0.15, 0.2) is 200 Å². The molecule has 9 rings (SSSR count). The molecular formula is C48H33NO. The topological polar surface area (TPSA) is 12.5 Å². The molecule has 0 saturated heterocycles. The quantitative estimate of drug-likeness (QED) is 0.179. The zero-order chi connectivity index (χ0) is 33.3. The van der Waals surface area contributed by atoms with E-state index >= 15 is 0 Å². The van der Waals surface area contributed by atoms with Crippen molar-refractivity contribution in [1.29, 1.82) is 0 Å². The first-order valence-electron chi connectivity index (χ1n) is 17.0. The summed E-state index contributed by atoms with van der Waals surface area (Å²) in [7, 11) is 0. The number of hydrogen-bond donors (Lipinski definition) is 0. The molecule has 2 heteroatoms. The summed E-state index contributed by atoms with van der Waals surface area (Å²) in [5.74, 6) is 1.67. The number of ether oxygens (including phenoxy) is 1. The number of hydrogen-bond acceptors (Lipinski definition) is 2. The van der Waals surface area contributed by atoms with Crippen LogP contribution in [0.3, 0.4) is 0 Å². The monoisotopic (exact) mass is 639 g/mol. The van der Waals surface area contributed by atoms with Crippen molar-refractivity contribution >= 4 is 17.1 Å². The summed E-state index contributed by atoms with van der Waals surface area (Å²) in [5.41, 5.74) is 14.7. The van der Waals surface area contributed by atoms with Crippen LogP contribution in [0.5, 0.6) is 11.5 Å². The molecule has 0 spiro atoms. The van der Waals surface area contributed by atoms with Crippen LogP contribution in [0.4, 0.5) is 17.1 Å². The van der Waals surface area contributed by atoms with Crippen molar-refractivity contribution in [3.05, 3.63) is 200 Å². The fourth-order valence-electron chi connectivity index (χ4n) is 6.98. The lowest BCUT2D eigenvalue weighted by Gasteiger charge is -2.27. The van der Waals surface area contributed by atoms with Crippen molar-refractivity contribution in [2.24, 2.45) is 0 Å². The Morgan fingerprint density at radius 3 is 1.12 bits per heavy atom. The molecule has 1 aliphatic rings. The van der Waals surface area contributed by atoms with E-state index < -0.39 is 0 Å². The number of nitrogens with zero attached hydrogens (tertiary/aromatic N) is 1. The second-order valence-electron chi connectivity index (χ2n) is 12.6. The normalized spacial score (nSPS) is 11.4. The van der Waals surface area contributed by atoms with E-state index in [1.54, 1.807) is 0 Å². The lowest BCUT2D eigenvalue weighted by atomic mass is 9.93. The van der Waals surface area contributed by atoms with E-state index in [1.165, 1.54) is 27.8 Å². The zero-order valence-electron chi connectivity index (χ0n) is 27.4. The second-order valence-corrected chi connectivity index (χ2v) is 12.6. The third-order valence-corrected chi connectivity index (χ3v) is 9.50. The highest BCUT2D eigenvalue weighted by Crippen LogP contribution is 2.49. The van der Waals surface area contributed by atoms with Crippen molar-refractivity contribution in [3.63, 3.8) is 0 Å². The highest BCUT2D eigenvalue weighted by atomic mass is 16.5. The van der Waals surface area contributed by atoms with Gasteiger partial charge in [0.15, 0.2) is 0 Å². The summed E-state index contributed by atoms with van der Waals surface area (Å²) in [5, 5.41) is 0. The lowest BCUT2D eigenvalue weighted by Crippen LogP contribution is -2.10. The number of benzene rings is 8. The van der Waals surface area contributed by atoms with E-state index in [4.69, 9.17) is 4.74 Å². The van der Waals surface area contributed by atoms with Crippen LogP contribution >= 0.6 is 0 Å². The molecule has 0 fully saturated rings. The highest BCUT2D eigenvalue weighted by molar-refractivity contribution is 5.93. The molecule has 1 heterocycles. The number of rotatable bonds is 6. The van der Waals surface area contributed by atoms with Gasteiger partial charge in [0.1, 0.15) is 11.5 Å². The van der Waals surface area contributed by atoms with Gasteiger partial charge in [-0.25, -0.2) is 0 Å². The molecule has 0 amide bonds. The maximum absolute atomic E-state index is 6.94. The first-order valence-corrected chi connectivity index (χ1v) is 17.0.